The van der Waals surface area contributed by atoms with Gasteiger partial charge in [0.1, 0.15) is 17.3 Å². The molecule has 1 heterocycles. The lowest BCUT2D eigenvalue weighted by atomic mass is 10.2. The Morgan fingerprint density at radius 3 is 2.83 bits per heavy atom. The number of carbonyl (C=O) groups excluding carboxylic acids is 1. The third-order valence-corrected chi connectivity index (χ3v) is 3.67. The largest absolute Gasteiger partial charge is 0.385 e. The fraction of sp³-hybridized carbons (Fsp3) is 0.353. The summed E-state index contributed by atoms with van der Waals surface area (Å²) in [6.45, 7) is 3.42. The Hall–Kier alpha value is -2.18. The van der Waals surface area contributed by atoms with E-state index in [0.717, 1.165) is 12.0 Å². The lowest BCUT2D eigenvalue weighted by Gasteiger charge is -2.10. The van der Waals surface area contributed by atoms with Gasteiger partial charge in [0.05, 0.1) is 0 Å². The van der Waals surface area contributed by atoms with Crippen molar-refractivity contribution >= 4 is 23.3 Å². The van der Waals surface area contributed by atoms with Gasteiger partial charge in [-0.1, -0.05) is 29.8 Å². The van der Waals surface area contributed by atoms with Crippen LogP contribution in [0.4, 0.5) is 5.82 Å². The number of aromatic nitrogens is 2. The normalized spacial score (nSPS) is 10.5. The average Bonchev–Trinajstić information content (AvgIpc) is 2.57. The van der Waals surface area contributed by atoms with E-state index >= 15 is 0 Å². The summed E-state index contributed by atoms with van der Waals surface area (Å²) in [4.78, 5) is 20.6. The maximum atomic E-state index is 12.1. The Morgan fingerprint density at radius 1 is 1.29 bits per heavy atom. The number of aryl methyl sites for hydroxylation is 1. The third kappa shape index (κ3) is 5.47. The van der Waals surface area contributed by atoms with Gasteiger partial charge in [0, 0.05) is 37.9 Å². The van der Waals surface area contributed by atoms with Crippen molar-refractivity contribution in [2.45, 2.75) is 19.9 Å². The van der Waals surface area contributed by atoms with Crippen LogP contribution >= 0.6 is 11.6 Å². The van der Waals surface area contributed by atoms with Gasteiger partial charge in [-0.2, -0.15) is 0 Å². The molecule has 0 unspecified atom stereocenters. The lowest BCUT2D eigenvalue weighted by Crippen LogP contribution is -2.26. The molecule has 0 aliphatic heterocycles. The molecule has 24 heavy (non-hydrogen) atoms. The number of rotatable bonds is 8. The third-order valence-electron chi connectivity index (χ3n) is 3.30. The van der Waals surface area contributed by atoms with E-state index in [1.165, 1.54) is 0 Å². The molecule has 0 saturated carbocycles. The van der Waals surface area contributed by atoms with Crippen LogP contribution in [0, 0.1) is 6.92 Å². The van der Waals surface area contributed by atoms with Gasteiger partial charge in [0.2, 0.25) is 0 Å². The fourth-order valence-corrected chi connectivity index (χ4v) is 2.31. The number of nitrogens with zero attached hydrogens (tertiary/aromatic N) is 2. The molecule has 1 amide bonds. The van der Waals surface area contributed by atoms with E-state index in [4.69, 9.17) is 16.3 Å². The first kappa shape index (κ1) is 18.2. The predicted octanol–water partition coefficient (Wildman–Crippen LogP) is 2.82. The van der Waals surface area contributed by atoms with Crippen LogP contribution in [0.3, 0.4) is 0 Å². The first-order valence-corrected chi connectivity index (χ1v) is 8.08. The van der Waals surface area contributed by atoms with Crippen molar-refractivity contribution in [1.29, 1.82) is 0 Å². The Balaban J connectivity index is 2.00. The molecule has 2 aromatic rings. The zero-order valence-electron chi connectivity index (χ0n) is 13.8. The van der Waals surface area contributed by atoms with Crippen LogP contribution in [0.1, 0.15) is 28.3 Å². The summed E-state index contributed by atoms with van der Waals surface area (Å²) in [6, 6.07) is 9.21. The van der Waals surface area contributed by atoms with Crippen molar-refractivity contribution in [3.05, 3.63) is 52.4 Å². The minimum Gasteiger partial charge on any atom is -0.385 e. The van der Waals surface area contributed by atoms with E-state index in [-0.39, 0.29) is 5.91 Å². The number of amides is 1. The van der Waals surface area contributed by atoms with Crippen LogP contribution < -0.4 is 10.6 Å². The van der Waals surface area contributed by atoms with E-state index < -0.39 is 0 Å². The van der Waals surface area contributed by atoms with Crippen LogP contribution in [0.2, 0.25) is 5.02 Å². The zero-order valence-corrected chi connectivity index (χ0v) is 14.6. The molecule has 0 bridgehead atoms. The molecule has 2 rings (SSSR count). The van der Waals surface area contributed by atoms with Crippen molar-refractivity contribution in [3.8, 4) is 0 Å². The van der Waals surface area contributed by atoms with Gasteiger partial charge >= 0.3 is 0 Å². The number of halogens is 1. The fourth-order valence-electron chi connectivity index (χ4n) is 2.11. The zero-order chi connectivity index (χ0) is 17.4. The highest BCUT2D eigenvalue weighted by Gasteiger charge is 2.10. The summed E-state index contributed by atoms with van der Waals surface area (Å²) in [5, 5.41) is 6.68. The van der Waals surface area contributed by atoms with Crippen LogP contribution in [0.5, 0.6) is 0 Å². The second-order valence-corrected chi connectivity index (χ2v) is 5.64. The lowest BCUT2D eigenvalue weighted by molar-refractivity contribution is 0.0943. The highest BCUT2D eigenvalue weighted by molar-refractivity contribution is 6.31. The van der Waals surface area contributed by atoms with Crippen molar-refractivity contribution in [3.63, 3.8) is 0 Å². The maximum Gasteiger partial charge on any atom is 0.270 e. The van der Waals surface area contributed by atoms with E-state index in [0.29, 0.717) is 42.1 Å². The molecule has 0 fully saturated rings. The molecule has 1 aromatic carbocycles. The molecule has 0 saturated heterocycles. The van der Waals surface area contributed by atoms with Gasteiger partial charge in [-0.3, -0.25) is 4.79 Å². The summed E-state index contributed by atoms with van der Waals surface area (Å²) in [5.41, 5.74) is 1.29. The average molecular weight is 349 g/mol. The highest BCUT2D eigenvalue weighted by atomic mass is 35.5. The van der Waals surface area contributed by atoms with E-state index in [1.54, 1.807) is 20.1 Å². The summed E-state index contributed by atoms with van der Waals surface area (Å²) in [6.07, 6.45) is 0.754. The molecule has 7 heteroatoms. The standard InChI is InChI=1S/C17H21ClN4O2/c1-12-21-15(17(23)19-8-5-9-24-2)10-16(22-12)20-11-13-6-3-4-7-14(13)18/h3-4,6-7,10H,5,8-9,11H2,1-2H3,(H,19,23)(H,20,21,22). The van der Waals surface area contributed by atoms with Gasteiger partial charge in [-0.25, -0.2) is 9.97 Å². The van der Waals surface area contributed by atoms with Gasteiger partial charge < -0.3 is 15.4 Å². The van der Waals surface area contributed by atoms with Crippen LogP contribution in [0.15, 0.2) is 30.3 Å². The number of ether oxygens (including phenoxy) is 1. The van der Waals surface area contributed by atoms with Gasteiger partial charge in [-0.15, -0.1) is 0 Å². The van der Waals surface area contributed by atoms with Crippen molar-refractivity contribution in [2.24, 2.45) is 0 Å². The predicted molar refractivity (Wildman–Crippen MR) is 94.4 cm³/mol. The topological polar surface area (TPSA) is 76.1 Å². The number of hydrogen-bond acceptors (Lipinski definition) is 5. The van der Waals surface area contributed by atoms with Crippen molar-refractivity contribution < 1.29 is 9.53 Å². The monoisotopic (exact) mass is 348 g/mol. The Labute approximate surface area is 146 Å². The number of nitrogens with one attached hydrogen (secondary N) is 2. The highest BCUT2D eigenvalue weighted by Crippen LogP contribution is 2.16. The van der Waals surface area contributed by atoms with E-state index in [9.17, 15) is 4.79 Å². The number of methoxy groups -OCH3 is 1. The minimum absolute atomic E-state index is 0.225. The second-order valence-electron chi connectivity index (χ2n) is 5.23. The number of anilines is 1. The number of hydrogen-bond donors (Lipinski definition) is 2. The molecule has 0 radical (unpaired) electrons. The van der Waals surface area contributed by atoms with Crippen molar-refractivity contribution in [1.82, 2.24) is 15.3 Å². The molecule has 6 nitrogen and oxygen atoms in total. The second kappa shape index (κ2) is 9.20. The molecular weight excluding hydrogens is 328 g/mol. The smallest absolute Gasteiger partial charge is 0.270 e. The molecule has 1 aromatic heterocycles. The molecule has 0 spiro atoms. The van der Waals surface area contributed by atoms with Gasteiger partial charge in [0.15, 0.2) is 0 Å². The van der Waals surface area contributed by atoms with Gasteiger partial charge in [-0.05, 0) is 25.0 Å². The molecule has 2 N–H and O–H groups in total. The summed E-state index contributed by atoms with van der Waals surface area (Å²) in [5.74, 6) is 0.892. The molecular formula is C17H21ClN4O2. The molecule has 0 atom stereocenters. The summed E-state index contributed by atoms with van der Waals surface area (Å²) in [7, 11) is 1.63. The summed E-state index contributed by atoms with van der Waals surface area (Å²) >= 11 is 6.14. The van der Waals surface area contributed by atoms with E-state index in [2.05, 4.69) is 20.6 Å². The SMILES string of the molecule is COCCCNC(=O)c1cc(NCc2ccccc2Cl)nc(C)n1. The van der Waals surface area contributed by atoms with Crippen molar-refractivity contribution in [2.75, 3.05) is 25.6 Å². The number of carbonyl (C=O) groups is 1. The number of benzene rings is 1. The quantitative estimate of drug-likeness (QED) is 0.717. The van der Waals surface area contributed by atoms with Crippen LogP contribution in [-0.4, -0.2) is 36.1 Å². The Kier molecular flexibility index (Phi) is 6.96. The first-order chi connectivity index (χ1) is 11.6. The minimum atomic E-state index is -0.225. The van der Waals surface area contributed by atoms with Crippen LogP contribution in [-0.2, 0) is 11.3 Å². The van der Waals surface area contributed by atoms with Crippen LogP contribution in [0.25, 0.3) is 0 Å². The Morgan fingerprint density at radius 2 is 2.08 bits per heavy atom. The molecule has 0 aliphatic rings. The maximum absolute atomic E-state index is 12.1. The summed E-state index contributed by atoms with van der Waals surface area (Å²) < 4.78 is 4.95. The van der Waals surface area contributed by atoms with E-state index in [1.807, 2.05) is 24.3 Å². The van der Waals surface area contributed by atoms with Gasteiger partial charge in [0.25, 0.3) is 5.91 Å². The Bertz CT molecular complexity index is 694. The molecule has 128 valence electrons. The molecule has 0 aliphatic carbocycles. The first-order valence-electron chi connectivity index (χ1n) is 7.70.